The number of anilines is 2. The third kappa shape index (κ3) is 2.08. The van der Waals surface area contributed by atoms with Gasteiger partial charge in [-0.25, -0.2) is 8.78 Å². The minimum Gasteiger partial charge on any atom is -0.397 e. The Kier molecular flexibility index (Phi) is 2.85. The smallest absolute Gasteiger partial charge is 0.125 e. The number of benzene rings is 1. The van der Waals surface area contributed by atoms with Gasteiger partial charge in [0.15, 0.2) is 0 Å². The summed E-state index contributed by atoms with van der Waals surface area (Å²) in [6.07, 6.45) is 0. The van der Waals surface area contributed by atoms with Crippen molar-refractivity contribution in [2.45, 2.75) is 0 Å². The molecule has 0 saturated heterocycles. The number of halogens is 2. The minimum absolute atomic E-state index is 0.146. The second-order valence-corrected chi connectivity index (χ2v) is 2.35. The van der Waals surface area contributed by atoms with Crippen molar-refractivity contribution in [3.05, 3.63) is 24.0 Å². The maximum absolute atomic E-state index is 12.6. The number of rotatable bonds is 3. The summed E-state index contributed by atoms with van der Waals surface area (Å²) in [6.45, 7) is -0.358. The zero-order chi connectivity index (χ0) is 8.97. The van der Waals surface area contributed by atoms with Crippen LogP contribution >= 0.6 is 0 Å². The number of hydrogen-bond donors (Lipinski definition) is 2. The Bertz CT molecular complexity index is 263. The van der Waals surface area contributed by atoms with E-state index in [1.165, 1.54) is 18.2 Å². The molecule has 1 aromatic rings. The van der Waals surface area contributed by atoms with E-state index in [0.717, 1.165) is 0 Å². The number of hydrogen-bond acceptors (Lipinski definition) is 2. The van der Waals surface area contributed by atoms with Gasteiger partial charge >= 0.3 is 0 Å². The summed E-state index contributed by atoms with van der Waals surface area (Å²) < 4.78 is 24.3. The molecular formula is C8H10F2N2. The van der Waals surface area contributed by atoms with E-state index in [1.807, 2.05) is 0 Å². The number of nitrogen functional groups attached to an aromatic ring is 1. The fourth-order valence-corrected chi connectivity index (χ4v) is 0.864. The molecular weight excluding hydrogens is 162 g/mol. The molecule has 1 aromatic carbocycles. The van der Waals surface area contributed by atoms with Crippen molar-refractivity contribution >= 4 is 11.4 Å². The van der Waals surface area contributed by atoms with Crippen molar-refractivity contribution in [3.63, 3.8) is 0 Å². The van der Waals surface area contributed by atoms with Crippen molar-refractivity contribution in [2.24, 2.45) is 0 Å². The van der Waals surface area contributed by atoms with Crippen molar-refractivity contribution in [1.82, 2.24) is 0 Å². The van der Waals surface area contributed by atoms with Crippen molar-refractivity contribution < 1.29 is 8.78 Å². The second kappa shape index (κ2) is 3.90. The predicted molar refractivity (Wildman–Crippen MR) is 45.3 cm³/mol. The molecule has 0 spiro atoms. The Hall–Kier alpha value is -1.32. The molecule has 1 rings (SSSR count). The Balaban J connectivity index is 2.75. The summed E-state index contributed by atoms with van der Waals surface area (Å²) in [6, 6.07) is 3.94. The number of nitrogens with one attached hydrogen (secondary N) is 1. The van der Waals surface area contributed by atoms with Crippen LogP contribution in [0.4, 0.5) is 20.2 Å². The van der Waals surface area contributed by atoms with Gasteiger partial charge in [-0.15, -0.1) is 0 Å². The molecule has 0 saturated carbocycles. The molecule has 0 aliphatic carbocycles. The molecule has 0 aliphatic heterocycles. The maximum atomic E-state index is 12.6. The lowest BCUT2D eigenvalue weighted by Gasteiger charge is -2.06. The standard InChI is InChI=1S/C8H10F2N2/c9-3-4-12-8-5-6(10)1-2-7(8)11/h1-2,5,12H,3-4,11H2. The quantitative estimate of drug-likeness (QED) is 0.682. The SMILES string of the molecule is Nc1ccc(F)cc1NCCF. The minimum atomic E-state index is -0.504. The predicted octanol–water partition coefficient (Wildman–Crippen LogP) is 1.79. The second-order valence-electron chi connectivity index (χ2n) is 2.35. The van der Waals surface area contributed by atoms with Crippen LogP contribution < -0.4 is 11.1 Å². The third-order valence-electron chi connectivity index (χ3n) is 1.43. The van der Waals surface area contributed by atoms with E-state index in [2.05, 4.69) is 5.32 Å². The van der Waals surface area contributed by atoms with Gasteiger partial charge in [-0.3, -0.25) is 0 Å². The molecule has 0 atom stereocenters. The topological polar surface area (TPSA) is 38.0 Å². The van der Waals surface area contributed by atoms with E-state index in [1.54, 1.807) is 0 Å². The van der Waals surface area contributed by atoms with Gasteiger partial charge in [-0.05, 0) is 18.2 Å². The van der Waals surface area contributed by atoms with E-state index >= 15 is 0 Å². The molecule has 4 heteroatoms. The van der Waals surface area contributed by atoms with Gasteiger partial charge in [-0.1, -0.05) is 0 Å². The molecule has 0 radical (unpaired) electrons. The molecule has 0 aromatic heterocycles. The van der Waals surface area contributed by atoms with E-state index in [-0.39, 0.29) is 12.4 Å². The zero-order valence-electron chi connectivity index (χ0n) is 6.48. The Labute approximate surface area is 69.4 Å². The molecule has 0 heterocycles. The molecule has 0 unspecified atom stereocenters. The van der Waals surface area contributed by atoms with Crippen LogP contribution in [0, 0.1) is 5.82 Å². The summed E-state index contributed by atoms with van der Waals surface area (Å²) >= 11 is 0. The normalized spacial score (nSPS) is 9.83. The Morgan fingerprint density at radius 1 is 1.42 bits per heavy atom. The maximum Gasteiger partial charge on any atom is 0.125 e. The van der Waals surface area contributed by atoms with Gasteiger partial charge < -0.3 is 11.1 Å². The Morgan fingerprint density at radius 3 is 2.83 bits per heavy atom. The highest BCUT2D eigenvalue weighted by atomic mass is 19.1. The average Bonchev–Trinajstić information content (AvgIpc) is 2.07. The lowest BCUT2D eigenvalue weighted by atomic mass is 10.2. The summed E-state index contributed by atoms with van der Waals surface area (Å²) in [5, 5.41) is 2.66. The van der Waals surface area contributed by atoms with Gasteiger partial charge in [0.05, 0.1) is 11.4 Å². The van der Waals surface area contributed by atoms with Crippen LogP contribution in [0.2, 0.25) is 0 Å². The summed E-state index contributed by atoms with van der Waals surface area (Å²) in [4.78, 5) is 0. The average molecular weight is 172 g/mol. The monoisotopic (exact) mass is 172 g/mol. The molecule has 0 aliphatic rings. The van der Waals surface area contributed by atoms with Gasteiger partial charge in [0.1, 0.15) is 12.5 Å². The van der Waals surface area contributed by atoms with Gasteiger partial charge in [-0.2, -0.15) is 0 Å². The van der Waals surface area contributed by atoms with E-state index in [0.29, 0.717) is 11.4 Å². The number of alkyl halides is 1. The molecule has 12 heavy (non-hydrogen) atoms. The first kappa shape index (κ1) is 8.77. The first-order valence-electron chi connectivity index (χ1n) is 3.59. The fraction of sp³-hybridized carbons (Fsp3) is 0.250. The van der Waals surface area contributed by atoms with Crippen LogP contribution in [-0.4, -0.2) is 13.2 Å². The molecule has 0 fully saturated rings. The lowest BCUT2D eigenvalue weighted by Crippen LogP contribution is -2.05. The summed E-state index contributed by atoms with van der Waals surface area (Å²) in [5.74, 6) is -0.384. The summed E-state index contributed by atoms with van der Waals surface area (Å²) in [5.41, 5.74) is 6.34. The lowest BCUT2D eigenvalue weighted by molar-refractivity contribution is 0.512. The van der Waals surface area contributed by atoms with Crippen molar-refractivity contribution in [2.75, 3.05) is 24.3 Å². The van der Waals surface area contributed by atoms with Crippen LogP contribution in [0.15, 0.2) is 18.2 Å². The van der Waals surface area contributed by atoms with Gasteiger partial charge in [0, 0.05) is 6.54 Å². The van der Waals surface area contributed by atoms with Crippen LogP contribution in [0.3, 0.4) is 0 Å². The molecule has 0 amide bonds. The Morgan fingerprint density at radius 2 is 2.17 bits per heavy atom. The molecule has 0 bridgehead atoms. The van der Waals surface area contributed by atoms with Crippen LogP contribution in [0.25, 0.3) is 0 Å². The fourth-order valence-electron chi connectivity index (χ4n) is 0.864. The van der Waals surface area contributed by atoms with E-state index in [9.17, 15) is 8.78 Å². The highest BCUT2D eigenvalue weighted by Crippen LogP contribution is 2.18. The van der Waals surface area contributed by atoms with Crippen LogP contribution in [0.5, 0.6) is 0 Å². The molecule has 66 valence electrons. The zero-order valence-corrected chi connectivity index (χ0v) is 6.48. The molecule has 3 N–H and O–H groups in total. The van der Waals surface area contributed by atoms with Gasteiger partial charge in [0.2, 0.25) is 0 Å². The third-order valence-corrected chi connectivity index (χ3v) is 1.43. The highest BCUT2D eigenvalue weighted by Gasteiger charge is 1.98. The first-order valence-corrected chi connectivity index (χ1v) is 3.59. The largest absolute Gasteiger partial charge is 0.397 e. The first-order chi connectivity index (χ1) is 5.74. The van der Waals surface area contributed by atoms with Crippen molar-refractivity contribution in [1.29, 1.82) is 0 Å². The molecule has 2 nitrogen and oxygen atoms in total. The van der Waals surface area contributed by atoms with Crippen molar-refractivity contribution in [3.8, 4) is 0 Å². The number of nitrogens with two attached hydrogens (primary N) is 1. The highest BCUT2D eigenvalue weighted by molar-refractivity contribution is 5.65. The van der Waals surface area contributed by atoms with E-state index < -0.39 is 6.67 Å². The van der Waals surface area contributed by atoms with Crippen LogP contribution in [-0.2, 0) is 0 Å². The van der Waals surface area contributed by atoms with Crippen LogP contribution in [0.1, 0.15) is 0 Å². The summed E-state index contributed by atoms with van der Waals surface area (Å²) in [7, 11) is 0. The van der Waals surface area contributed by atoms with Gasteiger partial charge in [0.25, 0.3) is 0 Å². The van der Waals surface area contributed by atoms with E-state index in [4.69, 9.17) is 5.73 Å².